The first kappa shape index (κ1) is 92.0. The van der Waals surface area contributed by atoms with E-state index in [0.29, 0.717) is 12.8 Å². The van der Waals surface area contributed by atoms with Crippen molar-refractivity contribution in [1.82, 2.24) is 5.32 Å². The first-order chi connectivity index (χ1) is 49.1. The Bertz CT molecular complexity index is 2250. The van der Waals surface area contributed by atoms with E-state index in [4.69, 9.17) is 18.9 Å². The average Bonchev–Trinajstić information content (AvgIpc) is 0.796. The first-order valence-corrected chi connectivity index (χ1v) is 40.1. The van der Waals surface area contributed by atoms with Crippen molar-refractivity contribution in [1.29, 1.82) is 0 Å². The number of unbranched alkanes of at least 4 members (excludes halogenated alkanes) is 28. The summed E-state index contributed by atoms with van der Waals surface area (Å²) in [6, 6.07) is -0.865. The molecule has 100 heavy (non-hydrogen) atoms. The van der Waals surface area contributed by atoms with Crippen LogP contribution in [-0.4, -0.2) is 140 Å². The van der Waals surface area contributed by atoms with E-state index >= 15 is 0 Å². The van der Waals surface area contributed by atoms with Gasteiger partial charge < -0.3 is 65.1 Å². The van der Waals surface area contributed by atoms with E-state index in [9.17, 15) is 45.6 Å². The number of allylic oxidation sites excluding steroid dienone is 24. The molecule has 9 N–H and O–H groups in total. The summed E-state index contributed by atoms with van der Waals surface area (Å²) in [6.45, 7) is 2.74. The first-order valence-electron chi connectivity index (χ1n) is 40.1. The predicted octanol–water partition coefficient (Wildman–Crippen LogP) is 18.4. The third kappa shape index (κ3) is 50.3. The van der Waals surface area contributed by atoms with Crippen LogP contribution in [-0.2, 0) is 23.7 Å². The molecule has 0 aromatic heterocycles. The number of hydrogen-bond donors (Lipinski definition) is 9. The van der Waals surface area contributed by atoms with Gasteiger partial charge in [-0.1, -0.05) is 333 Å². The standard InChI is InChI=1S/C86H145NO13/c1-3-5-7-9-11-13-15-17-19-21-23-25-27-29-31-32-33-34-35-36-37-38-39-40-41-42-44-46-48-50-52-54-56-58-60-62-64-66-68-70-78(91)87-74(73-97-85-83(96)81(94)84(77(72-89)99-85)100-86-82(95)80(93)79(92)76(71-88)98-86)75(90)69-67-65-63-61-59-57-55-53-51-49-47-45-43-30-28-26-24-22-20-18-16-14-12-10-8-6-4-2/h5,7,11,13,17,19,23,25,29,31,33-34,36-37,39-40,42,44,48,50,54,56,60,62,74-77,79-86,88-90,92-96H,3-4,6,8-10,12,14-16,18,20-22,24,26-28,30,32,35,38,41,43,45-47,49,51-53,55,57-59,61,63-73H2,1-2H3,(H,87,91)/b7-5-,13-11-,19-17-,25-23-,31-29-,34-33-,37-36-,40-39-,44-42-,50-48-,56-54-,62-60-. The van der Waals surface area contributed by atoms with Gasteiger partial charge in [-0.15, -0.1) is 0 Å². The zero-order valence-corrected chi connectivity index (χ0v) is 62.6. The monoisotopic (exact) mass is 1400 g/mol. The van der Waals surface area contributed by atoms with Crippen molar-refractivity contribution in [2.24, 2.45) is 0 Å². The molecule has 2 rings (SSSR count). The van der Waals surface area contributed by atoms with Gasteiger partial charge >= 0.3 is 0 Å². The van der Waals surface area contributed by atoms with Crippen molar-refractivity contribution in [3.63, 3.8) is 0 Å². The van der Waals surface area contributed by atoms with Crippen LogP contribution in [0.3, 0.4) is 0 Å². The summed E-state index contributed by atoms with van der Waals surface area (Å²) in [5, 5.41) is 87.8. The van der Waals surface area contributed by atoms with E-state index in [2.05, 4.69) is 165 Å². The van der Waals surface area contributed by atoms with Crippen molar-refractivity contribution in [2.45, 2.75) is 370 Å². The fraction of sp³-hybridized carbons (Fsp3) is 0.709. The second-order valence-corrected chi connectivity index (χ2v) is 27.5. The number of aliphatic hydroxyl groups excluding tert-OH is 8. The largest absolute Gasteiger partial charge is 0.394 e. The highest BCUT2D eigenvalue weighted by molar-refractivity contribution is 5.76. The van der Waals surface area contributed by atoms with Gasteiger partial charge in [0.1, 0.15) is 48.8 Å². The summed E-state index contributed by atoms with van der Waals surface area (Å²) >= 11 is 0. The van der Waals surface area contributed by atoms with Crippen LogP contribution in [0.1, 0.15) is 296 Å². The van der Waals surface area contributed by atoms with Gasteiger partial charge in [-0.25, -0.2) is 0 Å². The van der Waals surface area contributed by atoms with Gasteiger partial charge in [0.05, 0.1) is 32.0 Å². The number of nitrogens with one attached hydrogen (secondary N) is 1. The summed E-state index contributed by atoms with van der Waals surface area (Å²) in [4.78, 5) is 13.4. The number of aliphatic hydroxyl groups is 8. The molecule has 0 aromatic carbocycles. The Balaban J connectivity index is 1.66. The Hall–Kier alpha value is -4.13. The molecule has 0 aromatic rings. The molecule has 12 atom stereocenters. The fourth-order valence-corrected chi connectivity index (χ4v) is 12.3. The van der Waals surface area contributed by atoms with Crippen LogP contribution in [0.25, 0.3) is 0 Å². The molecule has 2 heterocycles. The van der Waals surface area contributed by atoms with Crippen LogP contribution < -0.4 is 5.32 Å². The molecular formula is C86H145NO13. The Morgan fingerprint density at radius 3 is 1.04 bits per heavy atom. The molecule has 2 aliphatic heterocycles. The van der Waals surface area contributed by atoms with E-state index < -0.39 is 86.8 Å². The minimum Gasteiger partial charge on any atom is -0.394 e. The van der Waals surface area contributed by atoms with Crippen LogP contribution in [0.2, 0.25) is 0 Å². The quantitative estimate of drug-likeness (QED) is 0.0204. The fourth-order valence-electron chi connectivity index (χ4n) is 12.3. The van der Waals surface area contributed by atoms with Crippen molar-refractivity contribution in [3.8, 4) is 0 Å². The summed E-state index contributed by atoms with van der Waals surface area (Å²) in [7, 11) is 0. The van der Waals surface area contributed by atoms with Gasteiger partial charge in [-0.3, -0.25) is 4.79 Å². The summed E-state index contributed by atoms with van der Waals surface area (Å²) in [5.41, 5.74) is 0. The molecular weight excluding hydrogens is 1250 g/mol. The van der Waals surface area contributed by atoms with Crippen LogP contribution >= 0.6 is 0 Å². The van der Waals surface area contributed by atoms with E-state index in [0.717, 1.165) is 116 Å². The van der Waals surface area contributed by atoms with Crippen molar-refractivity contribution in [2.75, 3.05) is 19.8 Å². The van der Waals surface area contributed by atoms with Gasteiger partial charge in [0.25, 0.3) is 0 Å². The van der Waals surface area contributed by atoms with E-state index in [1.807, 2.05) is 0 Å². The molecule has 12 unspecified atom stereocenters. The lowest BCUT2D eigenvalue weighted by atomic mass is 9.97. The summed E-state index contributed by atoms with van der Waals surface area (Å²) in [6.07, 6.45) is 85.9. The number of carbonyl (C=O) groups is 1. The van der Waals surface area contributed by atoms with Crippen molar-refractivity contribution >= 4 is 5.91 Å². The zero-order chi connectivity index (χ0) is 72.2. The van der Waals surface area contributed by atoms with Crippen LogP contribution in [0.5, 0.6) is 0 Å². The number of carbonyl (C=O) groups excluding carboxylic acids is 1. The maximum atomic E-state index is 13.4. The molecule has 2 fully saturated rings. The van der Waals surface area contributed by atoms with E-state index in [1.165, 1.54) is 148 Å². The molecule has 0 aliphatic carbocycles. The van der Waals surface area contributed by atoms with Crippen molar-refractivity contribution in [3.05, 3.63) is 146 Å². The number of amides is 1. The topological polar surface area (TPSA) is 228 Å². The van der Waals surface area contributed by atoms with Crippen LogP contribution in [0.4, 0.5) is 0 Å². The maximum Gasteiger partial charge on any atom is 0.220 e. The highest BCUT2D eigenvalue weighted by Gasteiger charge is 2.51. The van der Waals surface area contributed by atoms with Crippen LogP contribution in [0, 0.1) is 0 Å². The maximum absolute atomic E-state index is 13.4. The third-order valence-corrected chi connectivity index (χ3v) is 18.6. The Morgan fingerprint density at radius 2 is 0.690 bits per heavy atom. The molecule has 572 valence electrons. The molecule has 14 heteroatoms. The predicted molar refractivity (Wildman–Crippen MR) is 414 cm³/mol. The highest BCUT2D eigenvalue weighted by atomic mass is 16.7. The Labute approximate surface area is 608 Å². The lowest BCUT2D eigenvalue weighted by Crippen LogP contribution is -2.65. The van der Waals surface area contributed by atoms with E-state index in [1.54, 1.807) is 0 Å². The number of hydrogen-bond acceptors (Lipinski definition) is 13. The normalized spacial score (nSPS) is 22.7. The second kappa shape index (κ2) is 68.0. The Morgan fingerprint density at radius 1 is 0.370 bits per heavy atom. The zero-order valence-electron chi connectivity index (χ0n) is 62.6. The summed E-state index contributed by atoms with van der Waals surface area (Å²) < 4.78 is 22.9. The summed E-state index contributed by atoms with van der Waals surface area (Å²) in [5.74, 6) is -0.251. The third-order valence-electron chi connectivity index (χ3n) is 18.6. The average molecular weight is 1400 g/mol. The second-order valence-electron chi connectivity index (χ2n) is 27.5. The van der Waals surface area contributed by atoms with Gasteiger partial charge in [-0.05, 0) is 103 Å². The minimum absolute atomic E-state index is 0.240. The lowest BCUT2D eigenvalue weighted by molar-refractivity contribution is -0.359. The van der Waals surface area contributed by atoms with Gasteiger partial charge in [-0.2, -0.15) is 0 Å². The molecule has 1 amide bonds. The Kier molecular flexibility index (Phi) is 62.5. The molecule has 14 nitrogen and oxygen atoms in total. The van der Waals surface area contributed by atoms with Crippen molar-refractivity contribution < 1.29 is 64.6 Å². The molecule has 0 saturated carbocycles. The molecule has 2 aliphatic rings. The number of rotatable bonds is 65. The molecule has 0 bridgehead atoms. The SMILES string of the molecule is CC/C=C\C/C=C\C/C=C\C/C=C\C/C=C\C/C=C\C/C=C\C/C=C\C/C=C\C/C=C\C/C=C\C/C=C\CCCCC(=O)NC(COC1OC(CO)C(OC2OC(CO)C(O)C(O)C2O)C(O)C1O)C(O)CCCCCCCCCCCCCCCCCCCCCCCCCCCCC. The molecule has 2 saturated heterocycles. The number of ether oxygens (including phenoxy) is 4. The highest BCUT2D eigenvalue weighted by Crippen LogP contribution is 2.30. The lowest BCUT2D eigenvalue weighted by Gasteiger charge is -2.46. The van der Waals surface area contributed by atoms with Gasteiger partial charge in [0.15, 0.2) is 12.6 Å². The van der Waals surface area contributed by atoms with Gasteiger partial charge in [0.2, 0.25) is 5.91 Å². The molecule has 0 radical (unpaired) electrons. The smallest absolute Gasteiger partial charge is 0.220 e. The van der Waals surface area contributed by atoms with Gasteiger partial charge in [0, 0.05) is 6.42 Å². The van der Waals surface area contributed by atoms with Crippen LogP contribution in [0.15, 0.2) is 146 Å². The minimum atomic E-state index is -1.80. The van der Waals surface area contributed by atoms with E-state index in [-0.39, 0.29) is 18.9 Å². The molecule has 0 spiro atoms.